The molecule has 0 spiro atoms. The third-order valence-electron chi connectivity index (χ3n) is 4.76. The van der Waals surface area contributed by atoms with E-state index in [2.05, 4.69) is 0 Å². The lowest BCUT2D eigenvalue weighted by Gasteiger charge is -2.34. The highest BCUT2D eigenvalue weighted by Gasteiger charge is 2.36. The van der Waals surface area contributed by atoms with E-state index < -0.39 is 5.41 Å². The summed E-state index contributed by atoms with van der Waals surface area (Å²) in [4.78, 5) is 12.2. The number of rotatable bonds is 7. The summed E-state index contributed by atoms with van der Waals surface area (Å²) in [6.45, 7) is 2.00. The van der Waals surface area contributed by atoms with Gasteiger partial charge in [0.1, 0.15) is 11.7 Å². The smallest absolute Gasteiger partial charge is 0.306 e. The van der Waals surface area contributed by atoms with Crippen LogP contribution < -0.4 is 11.5 Å². The van der Waals surface area contributed by atoms with Crippen molar-refractivity contribution >= 4 is 17.6 Å². The molecule has 6 heteroatoms. The molecule has 6 nitrogen and oxygen atoms in total. The van der Waals surface area contributed by atoms with E-state index in [4.69, 9.17) is 27.0 Å². The van der Waals surface area contributed by atoms with E-state index in [1.165, 1.54) is 7.11 Å². The van der Waals surface area contributed by atoms with Gasteiger partial charge in [-0.15, -0.1) is 0 Å². The van der Waals surface area contributed by atoms with Gasteiger partial charge in [0.2, 0.25) is 0 Å². The van der Waals surface area contributed by atoms with Crippen LogP contribution in [-0.4, -0.2) is 24.8 Å². The van der Waals surface area contributed by atoms with Gasteiger partial charge < -0.3 is 16.2 Å². The molecule has 0 aliphatic heterocycles. The van der Waals surface area contributed by atoms with Gasteiger partial charge >= 0.3 is 5.97 Å². The minimum Gasteiger partial charge on any atom is -0.469 e. The van der Waals surface area contributed by atoms with Gasteiger partial charge in [-0.3, -0.25) is 15.6 Å². The summed E-state index contributed by atoms with van der Waals surface area (Å²) in [5.41, 5.74) is 13.3. The van der Waals surface area contributed by atoms with Crippen molar-refractivity contribution in [2.24, 2.45) is 11.5 Å². The number of hydrogen-bond donors (Lipinski definition) is 4. The first-order valence-corrected chi connectivity index (χ1v) is 8.31. The molecule has 2 aromatic carbocycles. The third-order valence-corrected chi connectivity index (χ3v) is 4.76. The summed E-state index contributed by atoms with van der Waals surface area (Å²) in [6.07, 6.45) is 0.795. The largest absolute Gasteiger partial charge is 0.469 e. The van der Waals surface area contributed by atoms with Crippen molar-refractivity contribution in [3.63, 3.8) is 0 Å². The van der Waals surface area contributed by atoms with E-state index in [0.717, 1.165) is 11.1 Å². The van der Waals surface area contributed by atoms with Crippen molar-refractivity contribution in [1.82, 2.24) is 0 Å². The number of nitrogens with two attached hydrogens (primary N) is 2. The second-order valence-electron chi connectivity index (χ2n) is 6.14. The predicted molar refractivity (Wildman–Crippen MR) is 103 cm³/mol. The number of nitrogens with one attached hydrogen (secondary N) is 2. The number of esters is 1. The number of amidine groups is 2. The average Bonchev–Trinajstić information content (AvgIpc) is 2.66. The zero-order valence-electron chi connectivity index (χ0n) is 15.0. The third kappa shape index (κ3) is 3.59. The van der Waals surface area contributed by atoms with E-state index in [9.17, 15) is 4.79 Å². The first-order chi connectivity index (χ1) is 12.4. The number of carbonyl (C=O) groups is 1. The number of nitrogen functional groups attached to an aromatic ring is 2. The SMILES string of the molecule is CCC(CC(=O)OC)(c1ccccc1)c1ccc(C(=N)N)c(C(=N)N)c1. The molecule has 0 amide bonds. The lowest BCUT2D eigenvalue weighted by Crippen LogP contribution is -2.32. The Morgan fingerprint density at radius 1 is 1.00 bits per heavy atom. The quantitative estimate of drug-likeness (QED) is 0.347. The highest BCUT2D eigenvalue weighted by Crippen LogP contribution is 2.40. The first kappa shape index (κ1) is 19.2. The van der Waals surface area contributed by atoms with E-state index in [0.29, 0.717) is 17.5 Å². The van der Waals surface area contributed by atoms with Gasteiger partial charge in [-0.1, -0.05) is 49.4 Å². The van der Waals surface area contributed by atoms with Gasteiger partial charge in [0.05, 0.1) is 13.5 Å². The fraction of sp³-hybridized carbons (Fsp3) is 0.250. The van der Waals surface area contributed by atoms with Crippen LogP contribution in [0.3, 0.4) is 0 Å². The standard InChI is InChI=1S/C20H24N4O2/c1-3-20(12-17(25)26-2,13-7-5-4-6-8-13)14-9-10-15(18(21)22)16(11-14)19(23)24/h4-11H,3,12H2,1-2H3,(H3,21,22)(H3,23,24). The zero-order chi connectivity index (χ0) is 19.3. The zero-order valence-corrected chi connectivity index (χ0v) is 15.0. The molecule has 26 heavy (non-hydrogen) atoms. The second-order valence-corrected chi connectivity index (χ2v) is 6.14. The van der Waals surface area contributed by atoms with Crippen LogP contribution >= 0.6 is 0 Å². The second kappa shape index (κ2) is 7.82. The summed E-state index contributed by atoms with van der Waals surface area (Å²) in [5.74, 6) is -0.652. The van der Waals surface area contributed by atoms with E-state index >= 15 is 0 Å². The maximum Gasteiger partial charge on any atom is 0.306 e. The molecule has 0 bridgehead atoms. The first-order valence-electron chi connectivity index (χ1n) is 8.31. The summed E-state index contributed by atoms with van der Waals surface area (Å²) in [5, 5.41) is 15.5. The van der Waals surface area contributed by atoms with Gasteiger partial charge in [-0.25, -0.2) is 0 Å². The van der Waals surface area contributed by atoms with Crippen LogP contribution in [0.1, 0.15) is 42.0 Å². The Morgan fingerprint density at radius 3 is 2.12 bits per heavy atom. The molecule has 1 unspecified atom stereocenters. The summed E-state index contributed by atoms with van der Waals surface area (Å²) >= 11 is 0. The van der Waals surface area contributed by atoms with Crippen LogP contribution in [0.4, 0.5) is 0 Å². The Labute approximate surface area is 153 Å². The van der Waals surface area contributed by atoms with Crippen LogP contribution in [0.2, 0.25) is 0 Å². The fourth-order valence-corrected chi connectivity index (χ4v) is 3.28. The Morgan fingerprint density at radius 2 is 1.62 bits per heavy atom. The molecular formula is C20H24N4O2. The topological polar surface area (TPSA) is 126 Å². The Kier molecular flexibility index (Phi) is 5.77. The number of ether oxygens (including phenoxy) is 1. The molecule has 0 heterocycles. The van der Waals surface area contributed by atoms with E-state index in [1.807, 2.05) is 43.3 Å². The summed E-state index contributed by atoms with van der Waals surface area (Å²) in [6, 6.07) is 15.0. The van der Waals surface area contributed by atoms with Crippen molar-refractivity contribution in [3.8, 4) is 0 Å². The van der Waals surface area contributed by atoms with Crippen LogP contribution in [-0.2, 0) is 14.9 Å². The molecule has 0 aliphatic rings. The van der Waals surface area contributed by atoms with E-state index in [1.54, 1.807) is 12.1 Å². The molecule has 2 rings (SSSR count). The molecule has 0 aliphatic carbocycles. The molecule has 2 aromatic rings. The molecule has 6 N–H and O–H groups in total. The number of benzene rings is 2. The van der Waals surface area contributed by atoms with Crippen molar-refractivity contribution in [2.45, 2.75) is 25.2 Å². The highest BCUT2D eigenvalue weighted by atomic mass is 16.5. The molecule has 1 atom stereocenters. The molecule has 0 fully saturated rings. The minimum absolute atomic E-state index is 0.154. The Hall–Kier alpha value is -3.15. The van der Waals surface area contributed by atoms with Crippen molar-refractivity contribution in [3.05, 3.63) is 70.8 Å². The monoisotopic (exact) mass is 352 g/mol. The normalized spacial score (nSPS) is 12.8. The predicted octanol–water partition coefficient (Wildman–Crippen LogP) is 2.51. The van der Waals surface area contributed by atoms with E-state index in [-0.39, 0.29) is 24.1 Å². The molecular weight excluding hydrogens is 328 g/mol. The minimum atomic E-state index is -0.631. The summed E-state index contributed by atoms with van der Waals surface area (Å²) < 4.78 is 4.93. The number of hydrogen-bond acceptors (Lipinski definition) is 4. The Balaban J connectivity index is 2.73. The molecule has 0 aromatic heterocycles. The van der Waals surface area contributed by atoms with Gasteiger partial charge in [0.25, 0.3) is 0 Å². The average molecular weight is 352 g/mol. The van der Waals surface area contributed by atoms with Gasteiger partial charge in [0.15, 0.2) is 0 Å². The van der Waals surface area contributed by atoms with Gasteiger partial charge in [0, 0.05) is 16.5 Å². The summed E-state index contributed by atoms with van der Waals surface area (Å²) in [7, 11) is 1.37. The number of methoxy groups -OCH3 is 1. The van der Waals surface area contributed by atoms with Crippen LogP contribution in [0.25, 0.3) is 0 Å². The van der Waals surface area contributed by atoms with Crippen LogP contribution in [0.15, 0.2) is 48.5 Å². The highest BCUT2D eigenvalue weighted by molar-refractivity contribution is 6.08. The molecule has 136 valence electrons. The van der Waals surface area contributed by atoms with Gasteiger partial charge in [-0.05, 0) is 23.6 Å². The Bertz CT molecular complexity index is 833. The van der Waals surface area contributed by atoms with Gasteiger partial charge in [-0.2, -0.15) is 0 Å². The van der Waals surface area contributed by atoms with Crippen molar-refractivity contribution < 1.29 is 9.53 Å². The van der Waals surface area contributed by atoms with Crippen molar-refractivity contribution in [1.29, 1.82) is 10.8 Å². The van der Waals surface area contributed by atoms with Crippen LogP contribution in [0.5, 0.6) is 0 Å². The lowest BCUT2D eigenvalue weighted by atomic mass is 9.69. The van der Waals surface area contributed by atoms with Crippen molar-refractivity contribution in [2.75, 3.05) is 7.11 Å². The molecule has 0 saturated heterocycles. The molecule has 0 radical (unpaired) electrons. The maximum absolute atomic E-state index is 12.2. The lowest BCUT2D eigenvalue weighted by molar-refractivity contribution is -0.141. The maximum atomic E-state index is 12.2. The molecule has 0 saturated carbocycles. The van der Waals surface area contributed by atoms with Crippen LogP contribution in [0, 0.1) is 10.8 Å². The number of carbonyl (C=O) groups excluding carboxylic acids is 1. The fourth-order valence-electron chi connectivity index (χ4n) is 3.28.